The van der Waals surface area contributed by atoms with Gasteiger partial charge in [0.1, 0.15) is 17.8 Å². The number of carbonyl (C=O) groups is 1. The minimum absolute atomic E-state index is 0.0599. The van der Waals surface area contributed by atoms with Crippen molar-refractivity contribution in [2.75, 3.05) is 0 Å². The quantitative estimate of drug-likeness (QED) is 0.693. The van der Waals surface area contributed by atoms with Gasteiger partial charge in [-0.2, -0.15) is 5.10 Å². The lowest BCUT2D eigenvalue weighted by molar-refractivity contribution is -0.154. The minimum Gasteiger partial charge on any atom is -0.460 e. The smallest absolute Gasteiger partial charge is 0.314 e. The highest BCUT2D eigenvalue weighted by atomic mass is 16.6. The van der Waals surface area contributed by atoms with E-state index in [4.69, 9.17) is 4.74 Å². The molecule has 0 fully saturated rings. The van der Waals surface area contributed by atoms with Crippen molar-refractivity contribution in [1.82, 2.24) is 19.7 Å². The van der Waals surface area contributed by atoms with E-state index < -0.39 is 5.60 Å². The lowest BCUT2D eigenvalue weighted by Gasteiger charge is -2.19. The fraction of sp³-hybridized carbons (Fsp3) is 0.333. The Morgan fingerprint density at radius 1 is 1.21 bits per heavy atom. The molecular weight excluding hydrogens is 304 g/mol. The van der Waals surface area contributed by atoms with E-state index in [9.17, 15) is 4.79 Å². The molecule has 2 heterocycles. The predicted molar refractivity (Wildman–Crippen MR) is 91.3 cm³/mol. The summed E-state index contributed by atoms with van der Waals surface area (Å²) in [6.45, 7) is 5.52. The van der Waals surface area contributed by atoms with Crippen LogP contribution in [0.25, 0.3) is 22.0 Å². The number of fused-ring (bicyclic) bond motifs is 1. The molecule has 0 saturated heterocycles. The third-order valence-electron chi connectivity index (χ3n) is 3.39. The van der Waals surface area contributed by atoms with E-state index in [1.54, 1.807) is 10.9 Å². The summed E-state index contributed by atoms with van der Waals surface area (Å²) in [4.78, 5) is 20.7. The number of nitrogens with zero attached hydrogens (tertiary/aromatic N) is 4. The second kappa shape index (κ2) is 6.03. The van der Waals surface area contributed by atoms with Crippen LogP contribution in [0.4, 0.5) is 0 Å². The summed E-state index contributed by atoms with van der Waals surface area (Å²) in [6.07, 6.45) is 5.55. The molecule has 3 rings (SSSR count). The Morgan fingerprint density at radius 3 is 2.67 bits per heavy atom. The molecule has 2 aromatic heterocycles. The van der Waals surface area contributed by atoms with Crippen LogP contribution in [-0.2, 0) is 23.0 Å². The van der Waals surface area contributed by atoms with Crippen LogP contribution in [0.3, 0.4) is 0 Å². The van der Waals surface area contributed by atoms with Crippen LogP contribution in [0.1, 0.15) is 26.6 Å². The van der Waals surface area contributed by atoms with Gasteiger partial charge in [-0.15, -0.1) is 0 Å². The van der Waals surface area contributed by atoms with Gasteiger partial charge in [-0.05, 0) is 32.4 Å². The van der Waals surface area contributed by atoms with Crippen LogP contribution in [0, 0.1) is 0 Å². The van der Waals surface area contributed by atoms with E-state index in [2.05, 4.69) is 15.1 Å². The van der Waals surface area contributed by atoms with Crippen molar-refractivity contribution >= 4 is 16.9 Å². The third kappa shape index (κ3) is 3.76. The van der Waals surface area contributed by atoms with Crippen molar-refractivity contribution in [2.24, 2.45) is 7.05 Å². The maximum absolute atomic E-state index is 11.9. The van der Waals surface area contributed by atoms with Gasteiger partial charge in [0, 0.05) is 30.4 Å². The van der Waals surface area contributed by atoms with Crippen LogP contribution in [0.2, 0.25) is 0 Å². The highest BCUT2D eigenvalue weighted by Gasteiger charge is 2.17. The second-order valence-corrected chi connectivity index (χ2v) is 6.73. The minimum atomic E-state index is -0.512. The van der Waals surface area contributed by atoms with Crippen LogP contribution in [-0.4, -0.2) is 31.3 Å². The van der Waals surface area contributed by atoms with Crippen LogP contribution in [0.5, 0.6) is 0 Å². The van der Waals surface area contributed by atoms with Crippen molar-refractivity contribution < 1.29 is 9.53 Å². The number of aromatic nitrogens is 4. The molecular formula is C18H20N4O2. The zero-order valence-electron chi connectivity index (χ0n) is 14.3. The molecule has 0 amide bonds. The normalized spacial score (nSPS) is 11.7. The average molecular weight is 324 g/mol. The lowest BCUT2D eigenvalue weighted by Crippen LogP contribution is -2.25. The van der Waals surface area contributed by atoms with E-state index in [1.165, 1.54) is 0 Å². The van der Waals surface area contributed by atoms with Crippen molar-refractivity contribution in [3.8, 4) is 11.1 Å². The molecule has 124 valence electrons. The fourth-order valence-electron chi connectivity index (χ4n) is 2.40. The molecule has 0 radical (unpaired) electrons. The molecule has 0 atom stereocenters. The van der Waals surface area contributed by atoms with E-state index in [0.717, 1.165) is 22.0 Å². The molecule has 0 aliphatic rings. The molecule has 3 aromatic rings. The Kier molecular flexibility index (Phi) is 4.05. The van der Waals surface area contributed by atoms with Crippen LogP contribution >= 0.6 is 0 Å². The largest absolute Gasteiger partial charge is 0.460 e. The average Bonchev–Trinajstić information content (AvgIpc) is 2.91. The van der Waals surface area contributed by atoms with Gasteiger partial charge >= 0.3 is 5.97 Å². The van der Waals surface area contributed by atoms with Gasteiger partial charge in [0.15, 0.2) is 0 Å². The summed E-state index contributed by atoms with van der Waals surface area (Å²) < 4.78 is 7.08. The van der Waals surface area contributed by atoms with Gasteiger partial charge in [-0.1, -0.05) is 12.1 Å². The second-order valence-electron chi connectivity index (χ2n) is 6.73. The monoisotopic (exact) mass is 324 g/mol. The van der Waals surface area contributed by atoms with Crippen molar-refractivity contribution in [3.63, 3.8) is 0 Å². The van der Waals surface area contributed by atoms with E-state index >= 15 is 0 Å². The molecule has 0 spiro atoms. The molecule has 0 aliphatic heterocycles. The maximum Gasteiger partial charge on any atom is 0.314 e. The molecule has 0 N–H and O–H groups in total. The fourth-order valence-corrected chi connectivity index (χ4v) is 2.40. The Bertz CT molecular complexity index is 893. The van der Waals surface area contributed by atoms with Crippen LogP contribution < -0.4 is 0 Å². The zero-order chi connectivity index (χ0) is 17.3. The third-order valence-corrected chi connectivity index (χ3v) is 3.39. The molecule has 0 bridgehead atoms. The first-order valence-corrected chi connectivity index (χ1v) is 7.77. The molecule has 6 nitrogen and oxygen atoms in total. The van der Waals surface area contributed by atoms with Gasteiger partial charge in [0.25, 0.3) is 0 Å². The Balaban J connectivity index is 1.88. The summed E-state index contributed by atoms with van der Waals surface area (Å²) in [5, 5.41) is 5.11. The van der Waals surface area contributed by atoms with E-state index in [0.29, 0.717) is 5.82 Å². The topological polar surface area (TPSA) is 69.9 Å². The first-order chi connectivity index (χ1) is 11.3. The number of rotatable bonds is 3. The summed E-state index contributed by atoms with van der Waals surface area (Å²) in [5.41, 5.74) is 2.33. The Morgan fingerprint density at radius 2 is 2.00 bits per heavy atom. The van der Waals surface area contributed by atoms with E-state index in [1.807, 2.05) is 58.4 Å². The number of hydrogen-bond acceptors (Lipinski definition) is 5. The van der Waals surface area contributed by atoms with Gasteiger partial charge in [-0.25, -0.2) is 9.97 Å². The highest BCUT2D eigenvalue weighted by Crippen LogP contribution is 2.22. The molecule has 24 heavy (non-hydrogen) atoms. The van der Waals surface area contributed by atoms with Crippen molar-refractivity contribution in [2.45, 2.75) is 32.8 Å². The number of esters is 1. The molecule has 0 unspecified atom stereocenters. The van der Waals surface area contributed by atoms with Gasteiger partial charge in [0.2, 0.25) is 0 Å². The number of carbonyl (C=O) groups excluding carboxylic acids is 1. The molecule has 6 heteroatoms. The summed E-state index contributed by atoms with van der Waals surface area (Å²) in [5.74, 6) is 0.130. The maximum atomic E-state index is 11.9. The predicted octanol–water partition coefficient (Wildman–Crippen LogP) is 2.91. The Labute approximate surface area is 140 Å². The summed E-state index contributed by atoms with van der Waals surface area (Å²) in [6, 6.07) is 5.96. The van der Waals surface area contributed by atoms with E-state index in [-0.39, 0.29) is 12.4 Å². The highest BCUT2D eigenvalue weighted by molar-refractivity contribution is 5.83. The standard InChI is InChI=1S/C18H20N4O2/c1-18(2,3)24-17(23)8-16-19-9-13-6-5-12(7-15(13)21-16)14-10-20-22(4)11-14/h5-7,9-11H,8H2,1-4H3. The SMILES string of the molecule is Cn1cc(-c2ccc3cnc(CC(=O)OC(C)(C)C)nc3c2)cn1. The van der Waals surface area contributed by atoms with Gasteiger partial charge in [0.05, 0.1) is 11.7 Å². The Hall–Kier alpha value is -2.76. The number of benzene rings is 1. The molecule has 0 saturated carbocycles. The number of ether oxygens (including phenoxy) is 1. The zero-order valence-corrected chi connectivity index (χ0v) is 14.3. The van der Waals surface area contributed by atoms with Gasteiger partial charge in [-0.3, -0.25) is 9.48 Å². The number of hydrogen-bond donors (Lipinski definition) is 0. The van der Waals surface area contributed by atoms with Crippen molar-refractivity contribution in [1.29, 1.82) is 0 Å². The summed E-state index contributed by atoms with van der Waals surface area (Å²) in [7, 11) is 1.88. The lowest BCUT2D eigenvalue weighted by atomic mass is 10.1. The summed E-state index contributed by atoms with van der Waals surface area (Å²) >= 11 is 0. The number of aryl methyl sites for hydroxylation is 1. The molecule has 0 aliphatic carbocycles. The first-order valence-electron chi connectivity index (χ1n) is 7.77. The van der Waals surface area contributed by atoms with Gasteiger partial charge < -0.3 is 4.74 Å². The molecule has 1 aromatic carbocycles. The van der Waals surface area contributed by atoms with Crippen LogP contribution in [0.15, 0.2) is 36.8 Å². The first kappa shape index (κ1) is 16.1. The van der Waals surface area contributed by atoms with Crippen molar-refractivity contribution in [3.05, 3.63) is 42.6 Å².